The predicted molar refractivity (Wildman–Crippen MR) is 426 cm³/mol. The summed E-state index contributed by atoms with van der Waals surface area (Å²) in [6.07, 6.45) is -9.44. The molecule has 0 radical (unpaired) electrons. The Morgan fingerprint density at radius 3 is 1.95 bits per heavy atom. The van der Waals surface area contributed by atoms with E-state index in [2.05, 4.69) is 38.5 Å². The second-order valence-electron chi connectivity index (χ2n) is 30.5. The number of Topliss-reactive ketones (excluding diaryl/α,β-unsaturated/α-hetero) is 2. The van der Waals surface area contributed by atoms with E-state index in [1.54, 1.807) is 51.1 Å². The van der Waals surface area contributed by atoms with E-state index in [1.165, 1.54) is 115 Å². The van der Waals surface area contributed by atoms with Gasteiger partial charge in [0.1, 0.15) is 41.8 Å². The van der Waals surface area contributed by atoms with Crippen molar-refractivity contribution < 1.29 is 119 Å². The smallest absolute Gasteiger partial charge is 0.459 e. The summed E-state index contributed by atoms with van der Waals surface area (Å²) in [5, 5.41) is 15.4. The summed E-state index contributed by atoms with van der Waals surface area (Å²) in [4.78, 5) is 237. The Bertz CT molecular complexity index is 3880. The molecule has 15 atom stereocenters. The average molecular weight is 1670 g/mol. The second-order valence-corrected chi connectivity index (χ2v) is 31.9. The molecular weight excluding hydrogens is 1550 g/mol. The Labute approximate surface area is 684 Å². The maximum atomic E-state index is 15.7. The molecule has 0 bridgehead atoms. The van der Waals surface area contributed by atoms with Gasteiger partial charge in [-0.25, -0.2) is 18.9 Å². The molecule has 652 valence electrons. The number of amides is 12. The largest absolute Gasteiger partial charge is 0.472 e. The maximum Gasteiger partial charge on any atom is 0.472 e. The molecule has 4 rings (SSSR count). The molecule has 2 aromatic carbocycles. The summed E-state index contributed by atoms with van der Waals surface area (Å²) in [5.74, 6) is -19.0. The van der Waals surface area contributed by atoms with Gasteiger partial charge in [-0.1, -0.05) is 126 Å². The number of ketones is 2. The van der Waals surface area contributed by atoms with Crippen LogP contribution in [0.15, 0.2) is 66.9 Å². The van der Waals surface area contributed by atoms with Gasteiger partial charge in [-0.15, -0.1) is 0 Å². The molecule has 2 heterocycles. The Balaban J connectivity index is 0.0000354. The van der Waals surface area contributed by atoms with E-state index in [9.17, 15) is 71.8 Å². The number of carbonyl (C=O) groups excluding carboxylic acids is 16. The van der Waals surface area contributed by atoms with Crippen molar-refractivity contribution in [3.63, 3.8) is 0 Å². The fraction of sp³-hybridized carbons (Fsp3) is 0.625. The van der Waals surface area contributed by atoms with Crippen molar-refractivity contribution in [2.24, 2.45) is 47.2 Å². The molecule has 2 aliphatic heterocycles. The van der Waals surface area contributed by atoms with Crippen LogP contribution in [-0.4, -0.2) is 240 Å². The van der Waals surface area contributed by atoms with E-state index in [1.807, 2.05) is 0 Å². The fourth-order valence-corrected chi connectivity index (χ4v) is 13.9. The molecule has 0 aromatic heterocycles. The number of phosphoric ester groups is 1. The molecule has 117 heavy (non-hydrogen) atoms. The number of ether oxygens (including phenoxy) is 5. The van der Waals surface area contributed by atoms with Crippen LogP contribution in [0.5, 0.6) is 0 Å². The normalized spacial score (nSPS) is 21.9. The first-order valence-electron chi connectivity index (χ1n) is 38.7. The Kier molecular flexibility index (Phi) is 41.1. The van der Waals surface area contributed by atoms with Crippen LogP contribution in [-0.2, 0) is 122 Å². The molecule has 9 N–H and O–H groups in total. The number of imide groups is 1. The number of nitrogens with one attached hydrogen (secondary N) is 6. The highest BCUT2D eigenvalue weighted by molar-refractivity contribution is 7.47. The highest BCUT2D eigenvalue weighted by Crippen LogP contribution is 2.48. The number of benzene rings is 2. The van der Waals surface area contributed by atoms with Crippen molar-refractivity contribution >= 4 is 108 Å². The van der Waals surface area contributed by atoms with Crippen molar-refractivity contribution in [3.8, 4) is 0 Å². The summed E-state index contributed by atoms with van der Waals surface area (Å²) in [7, 11) is -0.607. The highest BCUT2D eigenvalue weighted by atomic mass is 31.2. The van der Waals surface area contributed by atoms with E-state index in [-0.39, 0.29) is 102 Å². The third-order valence-corrected chi connectivity index (χ3v) is 20.9. The van der Waals surface area contributed by atoms with Crippen LogP contribution in [0, 0.1) is 41.4 Å². The molecule has 2 aliphatic rings. The van der Waals surface area contributed by atoms with Crippen LogP contribution in [0.1, 0.15) is 160 Å². The highest BCUT2D eigenvalue weighted by Gasteiger charge is 2.49. The minimum absolute atomic E-state index is 0. The standard InChI is InChI=1S/C79H118N11O25P.CH4/c1-20-56(92)40-57(66(43(4)5)115-116(107,108)111-41-53-28-30-55(31-29-53)84-71(98)54(27-24-33-81-79(80)106)39-58(93)62(42(2)3)85-60(94)32-35-110-36-34-90-61(95)37-46(10)72(90)99)76(103)113-67(44(6)7)63-75(102)89(18)65(50(14)109-19)78(105)114-68(45(8)9)64(83-51(15)91)77(104)112-59(38-52-25-22-21-23-26-52)74(101)88(17)48(12)69(96)82-47(11)73(100)87(16)49(13)70(97)86-63;/h21-23,25-26,28-31,42-47,49-50,54,57,59,62-68H,12,20,24,27,32-41H2,1-11,13-19H3,(H,82,96)(H,83,91)(H,84,98)(H,85,94)(H,86,97)(H,107,108)(H3,80,81,106);1H4/t46?,47-,49-,50+,54+,57-,59+,62-,63-,64-,65-,66+,67+,68+;/m0./s1. The lowest BCUT2D eigenvalue weighted by molar-refractivity contribution is -0.177. The van der Waals surface area contributed by atoms with Crippen LogP contribution in [0.2, 0.25) is 0 Å². The van der Waals surface area contributed by atoms with Gasteiger partial charge in [0.05, 0.1) is 50.5 Å². The van der Waals surface area contributed by atoms with E-state index in [0.717, 1.165) is 33.6 Å². The van der Waals surface area contributed by atoms with Crippen molar-refractivity contribution in [2.45, 2.75) is 229 Å². The van der Waals surface area contributed by atoms with Crippen LogP contribution >= 0.6 is 7.82 Å². The summed E-state index contributed by atoms with van der Waals surface area (Å²) in [6, 6.07) is 3.42. The number of nitrogens with zero attached hydrogens (tertiary/aromatic N) is 4. The van der Waals surface area contributed by atoms with Crippen molar-refractivity contribution in [2.75, 3.05) is 59.9 Å². The van der Waals surface area contributed by atoms with Crippen molar-refractivity contribution in [1.29, 1.82) is 0 Å². The second kappa shape index (κ2) is 47.5. The van der Waals surface area contributed by atoms with Crippen LogP contribution in [0.4, 0.5) is 10.5 Å². The lowest BCUT2D eigenvalue weighted by Crippen LogP contribution is -2.63. The van der Waals surface area contributed by atoms with Crippen LogP contribution in [0.25, 0.3) is 0 Å². The van der Waals surface area contributed by atoms with Crippen molar-refractivity contribution in [1.82, 2.24) is 46.2 Å². The van der Waals surface area contributed by atoms with E-state index < -0.39 is 218 Å². The van der Waals surface area contributed by atoms with E-state index in [0.29, 0.717) is 5.56 Å². The minimum atomic E-state index is -5.30. The van der Waals surface area contributed by atoms with Gasteiger partial charge in [0.25, 0.3) is 11.8 Å². The molecule has 12 amide bonds. The first-order valence-corrected chi connectivity index (χ1v) is 40.2. The summed E-state index contributed by atoms with van der Waals surface area (Å²) < 4.78 is 55.0. The number of anilines is 1. The number of rotatable bonds is 37. The number of esters is 3. The van der Waals surface area contributed by atoms with Gasteiger partial charge in [-0.2, -0.15) is 0 Å². The molecule has 2 fully saturated rings. The number of nitrogens with two attached hydrogens (primary N) is 1. The molecule has 2 saturated heterocycles. The quantitative estimate of drug-likeness (QED) is 0.0116. The molecule has 0 spiro atoms. The number of hydrogen-bond donors (Lipinski definition) is 8. The zero-order chi connectivity index (χ0) is 87.5. The zero-order valence-corrected chi connectivity index (χ0v) is 70.4. The van der Waals surface area contributed by atoms with E-state index in [4.69, 9.17) is 38.5 Å². The number of primary amides is 1. The number of likely N-dealkylation sites (N-methyl/N-ethyl adjacent to an activating group) is 3. The maximum absolute atomic E-state index is 15.7. The average Bonchev–Trinajstić information content (AvgIpc) is 1.46. The van der Waals surface area contributed by atoms with E-state index >= 15 is 14.4 Å². The van der Waals surface area contributed by atoms with Gasteiger partial charge in [-0.05, 0) is 80.5 Å². The predicted octanol–water partition coefficient (Wildman–Crippen LogP) is 4.35. The fourth-order valence-electron chi connectivity index (χ4n) is 12.8. The Morgan fingerprint density at radius 1 is 0.769 bits per heavy atom. The SMILES string of the molecule is C.C=C1C(=O)N[C@@H](C)C(=O)N(C)[C@@H](C)C(=O)N[C@@H]([C@H](OC(=O)[C@@H](CC(=O)CC)[C@H](OP(=O)(O)OCc2ccc(NC(=O)[C@H](CCCNC(N)=O)CC(=O)[C@@H](NC(=O)CCOCCN3C(=O)CC(C)C3=O)C(C)C)cc2)C(C)C)C(C)C)C(=O)N(C)[C@@H]([C@@H](C)OC)C(=O)O[C@H](C(C)C)[C@H](NC(C)=O)C(=O)O[C@H](Cc2ccccc2)C(=O)N1C. The lowest BCUT2D eigenvalue weighted by Gasteiger charge is -2.39. The van der Waals surface area contributed by atoms with Crippen molar-refractivity contribution in [3.05, 3.63) is 78.0 Å². The van der Waals surface area contributed by atoms with Crippen LogP contribution in [0.3, 0.4) is 0 Å². The minimum Gasteiger partial charge on any atom is -0.459 e. The summed E-state index contributed by atoms with van der Waals surface area (Å²) in [6.45, 7) is 23.7. The zero-order valence-electron chi connectivity index (χ0n) is 69.5. The Hall–Kier alpha value is -9.87. The number of carbonyl (C=O) groups is 16. The molecule has 0 aliphatic carbocycles. The summed E-state index contributed by atoms with van der Waals surface area (Å²) in [5.41, 5.74) is 5.67. The van der Waals surface area contributed by atoms with Gasteiger partial charge < -0.3 is 80.9 Å². The van der Waals surface area contributed by atoms with Crippen LogP contribution < -0.4 is 37.6 Å². The van der Waals surface area contributed by atoms with Gasteiger partial charge in [0.15, 0.2) is 24.0 Å². The number of phosphoric acid groups is 1. The third-order valence-electron chi connectivity index (χ3n) is 19.9. The molecule has 37 heteroatoms. The molecule has 36 nitrogen and oxygen atoms in total. The summed E-state index contributed by atoms with van der Waals surface area (Å²) >= 11 is 0. The number of cyclic esters (lactones) is 2. The molecule has 2 unspecified atom stereocenters. The van der Waals surface area contributed by atoms with Gasteiger partial charge in [0, 0.05) is 97.8 Å². The monoisotopic (exact) mass is 1670 g/mol. The first kappa shape index (κ1) is 101. The first-order chi connectivity index (χ1) is 54.3. The molecular formula is C80H122N11O25P. The van der Waals surface area contributed by atoms with Gasteiger partial charge in [-0.3, -0.25) is 76.3 Å². The third kappa shape index (κ3) is 30.5. The number of urea groups is 1. The number of methoxy groups -OCH3 is 1. The topological polar surface area (TPSA) is 486 Å². The van der Waals surface area contributed by atoms with Gasteiger partial charge in [0.2, 0.25) is 47.3 Å². The number of likely N-dealkylation sites (tertiary alicyclic amines) is 1. The lowest BCUT2D eigenvalue weighted by atomic mass is 9.88. The molecule has 2 aromatic rings. The number of hydrogen-bond acceptors (Lipinski definition) is 24. The van der Waals surface area contributed by atoms with Gasteiger partial charge >= 0.3 is 31.8 Å². The molecule has 0 saturated carbocycles. The Morgan fingerprint density at radius 2 is 1.40 bits per heavy atom.